The third-order valence-corrected chi connectivity index (χ3v) is 2.88. The zero-order valence-electron chi connectivity index (χ0n) is 8.94. The number of ether oxygens (including phenoxy) is 1. The lowest BCUT2D eigenvalue weighted by Gasteiger charge is -2.09. The van der Waals surface area contributed by atoms with E-state index in [1.165, 1.54) is 35.4 Å². The second kappa shape index (κ2) is 5.61. The Labute approximate surface area is 118 Å². The van der Waals surface area contributed by atoms with Gasteiger partial charge in [0, 0.05) is 17.4 Å². The van der Waals surface area contributed by atoms with Crippen molar-refractivity contribution in [2.45, 2.75) is 0 Å². The molecule has 0 fully saturated rings. The minimum atomic E-state index is -0.283. The normalized spacial score (nSPS) is 10.4. The maximum atomic E-state index is 11.7. The van der Waals surface area contributed by atoms with Crippen LogP contribution in [-0.2, 0) is 0 Å². The molecule has 18 heavy (non-hydrogen) atoms. The lowest BCUT2D eigenvalue weighted by molar-refractivity contribution is 0.0837. The molecule has 0 saturated carbocycles. The van der Waals surface area contributed by atoms with E-state index in [2.05, 4.69) is 4.98 Å². The van der Waals surface area contributed by atoms with Crippen molar-refractivity contribution in [1.82, 2.24) is 9.55 Å². The summed E-state index contributed by atoms with van der Waals surface area (Å²) in [6.45, 7) is -0.197. The van der Waals surface area contributed by atoms with Crippen LogP contribution >= 0.6 is 34.8 Å². The quantitative estimate of drug-likeness (QED) is 0.871. The Morgan fingerprint density at radius 3 is 2.50 bits per heavy atom. The van der Waals surface area contributed by atoms with Crippen LogP contribution < -0.4 is 4.74 Å². The summed E-state index contributed by atoms with van der Waals surface area (Å²) in [5, 5.41) is 0.912. The average Bonchev–Trinajstić information content (AvgIpc) is 2.80. The average molecular weight is 306 g/mol. The third kappa shape index (κ3) is 2.96. The Bertz CT molecular complexity index is 547. The summed E-state index contributed by atoms with van der Waals surface area (Å²) in [4.78, 5) is 15.4. The molecule has 94 valence electrons. The molecule has 0 aliphatic heterocycles. The molecule has 1 heterocycles. The van der Waals surface area contributed by atoms with E-state index in [4.69, 9.17) is 39.5 Å². The van der Waals surface area contributed by atoms with Gasteiger partial charge in [-0.05, 0) is 12.1 Å². The van der Waals surface area contributed by atoms with Crippen molar-refractivity contribution in [3.05, 3.63) is 45.9 Å². The SMILES string of the molecule is O=C(COc1c(Cl)cc(Cl)cc1Cl)n1ccnc1. The maximum absolute atomic E-state index is 11.7. The molecule has 0 spiro atoms. The number of nitrogens with zero attached hydrogens (tertiary/aromatic N) is 2. The number of benzene rings is 1. The minimum Gasteiger partial charge on any atom is -0.481 e. The van der Waals surface area contributed by atoms with Crippen molar-refractivity contribution in [1.29, 1.82) is 0 Å². The van der Waals surface area contributed by atoms with Crippen LogP contribution in [0.15, 0.2) is 30.9 Å². The molecule has 1 aromatic heterocycles. The zero-order chi connectivity index (χ0) is 13.1. The van der Waals surface area contributed by atoms with E-state index in [-0.39, 0.29) is 28.3 Å². The Morgan fingerprint density at radius 2 is 1.94 bits per heavy atom. The van der Waals surface area contributed by atoms with Crippen molar-refractivity contribution in [2.24, 2.45) is 0 Å². The van der Waals surface area contributed by atoms with E-state index < -0.39 is 0 Å². The molecule has 0 unspecified atom stereocenters. The van der Waals surface area contributed by atoms with E-state index in [1.54, 1.807) is 0 Å². The van der Waals surface area contributed by atoms with E-state index in [0.717, 1.165) is 0 Å². The Balaban J connectivity index is 2.09. The van der Waals surface area contributed by atoms with Crippen LogP contribution in [0, 0.1) is 0 Å². The summed E-state index contributed by atoms with van der Waals surface area (Å²) in [5.41, 5.74) is 0. The highest BCUT2D eigenvalue weighted by Crippen LogP contribution is 2.35. The zero-order valence-corrected chi connectivity index (χ0v) is 11.2. The van der Waals surface area contributed by atoms with Crippen molar-refractivity contribution >= 4 is 40.7 Å². The van der Waals surface area contributed by atoms with Crippen LogP contribution in [0.2, 0.25) is 15.1 Å². The molecule has 0 aliphatic carbocycles. The summed E-state index contributed by atoms with van der Waals surface area (Å²) < 4.78 is 6.59. The van der Waals surface area contributed by atoms with Crippen LogP contribution in [-0.4, -0.2) is 22.1 Å². The van der Waals surface area contributed by atoms with Gasteiger partial charge in [-0.2, -0.15) is 0 Å². The number of carbonyl (C=O) groups excluding carboxylic acids is 1. The fourth-order valence-electron chi connectivity index (χ4n) is 1.28. The van der Waals surface area contributed by atoms with Crippen LogP contribution in [0.25, 0.3) is 0 Å². The number of aromatic nitrogens is 2. The summed E-state index contributed by atoms with van der Waals surface area (Å²) in [5.74, 6) is -0.0502. The number of imidazole rings is 1. The van der Waals surface area contributed by atoms with Gasteiger partial charge in [0.05, 0.1) is 10.0 Å². The molecular formula is C11H7Cl3N2O2. The number of hydrogen-bond donors (Lipinski definition) is 0. The molecule has 4 nitrogen and oxygen atoms in total. The number of carbonyl (C=O) groups is 1. The largest absolute Gasteiger partial charge is 0.481 e. The van der Waals surface area contributed by atoms with Gasteiger partial charge in [0.1, 0.15) is 6.33 Å². The molecule has 0 amide bonds. The summed E-state index contributed by atoms with van der Waals surface area (Å²) in [6.07, 6.45) is 4.41. The van der Waals surface area contributed by atoms with Crippen LogP contribution in [0.1, 0.15) is 4.79 Å². The van der Waals surface area contributed by atoms with Gasteiger partial charge in [-0.25, -0.2) is 4.98 Å². The molecule has 0 saturated heterocycles. The lowest BCUT2D eigenvalue weighted by atomic mass is 10.3. The topological polar surface area (TPSA) is 44.1 Å². The molecule has 0 atom stereocenters. The first kappa shape index (κ1) is 13.2. The highest BCUT2D eigenvalue weighted by atomic mass is 35.5. The minimum absolute atomic E-state index is 0.197. The molecular weight excluding hydrogens is 298 g/mol. The van der Waals surface area contributed by atoms with Crippen LogP contribution in [0.5, 0.6) is 5.75 Å². The first-order valence-electron chi connectivity index (χ1n) is 4.86. The molecule has 0 bridgehead atoms. The van der Waals surface area contributed by atoms with Crippen molar-refractivity contribution in [3.8, 4) is 5.75 Å². The number of rotatable bonds is 3. The Kier molecular flexibility index (Phi) is 4.11. The molecule has 2 aromatic rings. The lowest BCUT2D eigenvalue weighted by Crippen LogP contribution is -2.18. The van der Waals surface area contributed by atoms with E-state index in [9.17, 15) is 4.79 Å². The molecule has 1 aromatic carbocycles. The van der Waals surface area contributed by atoms with Crippen LogP contribution in [0.4, 0.5) is 0 Å². The van der Waals surface area contributed by atoms with Gasteiger partial charge in [-0.1, -0.05) is 34.8 Å². The van der Waals surface area contributed by atoms with Crippen LogP contribution in [0.3, 0.4) is 0 Å². The summed E-state index contributed by atoms with van der Waals surface area (Å²) in [6, 6.07) is 2.98. The smallest absolute Gasteiger partial charge is 0.269 e. The van der Waals surface area contributed by atoms with Crippen molar-refractivity contribution < 1.29 is 9.53 Å². The van der Waals surface area contributed by atoms with E-state index in [0.29, 0.717) is 5.02 Å². The monoisotopic (exact) mass is 304 g/mol. The van der Waals surface area contributed by atoms with Crippen molar-refractivity contribution in [2.75, 3.05) is 6.61 Å². The molecule has 0 N–H and O–H groups in total. The van der Waals surface area contributed by atoms with Crippen molar-refractivity contribution in [3.63, 3.8) is 0 Å². The fourth-order valence-corrected chi connectivity index (χ4v) is 2.21. The maximum Gasteiger partial charge on any atom is 0.269 e. The van der Waals surface area contributed by atoms with Gasteiger partial charge in [0.15, 0.2) is 12.4 Å². The van der Waals surface area contributed by atoms with E-state index >= 15 is 0 Å². The second-order valence-electron chi connectivity index (χ2n) is 3.35. The summed E-state index contributed by atoms with van der Waals surface area (Å²) in [7, 11) is 0. The van der Waals surface area contributed by atoms with Gasteiger partial charge in [-0.3, -0.25) is 9.36 Å². The van der Waals surface area contributed by atoms with Gasteiger partial charge in [0.25, 0.3) is 5.91 Å². The predicted octanol–water partition coefficient (Wildman–Crippen LogP) is 3.56. The Morgan fingerprint density at radius 1 is 1.28 bits per heavy atom. The summed E-state index contributed by atoms with van der Waals surface area (Å²) >= 11 is 17.6. The third-order valence-electron chi connectivity index (χ3n) is 2.10. The first-order chi connectivity index (χ1) is 8.58. The molecule has 2 rings (SSSR count). The van der Waals surface area contributed by atoms with Gasteiger partial charge in [-0.15, -0.1) is 0 Å². The highest BCUT2D eigenvalue weighted by Gasteiger charge is 2.12. The molecule has 7 heteroatoms. The van der Waals surface area contributed by atoms with E-state index in [1.807, 2.05) is 0 Å². The standard InChI is InChI=1S/C11H7Cl3N2O2/c12-7-3-8(13)11(9(14)4-7)18-5-10(17)16-2-1-15-6-16/h1-4,6H,5H2. The van der Waals surface area contributed by atoms with Gasteiger partial charge in [0.2, 0.25) is 0 Å². The molecule has 0 radical (unpaired) electrons. The Hall–Kier alpha value is -1.23. The fraction of sp³-hybridized carbons (Fsp3) is 0.0909. The predicted molar refractivity (Wildman–Crippen MR) is 69.8 cm³/mol. The molecule has 0 aliphatic rings. The number of hydrogen-bond acceptors (Lipinski definition) is 3. The highest BCUT2D eigenvalue weighted by molar-refractivity contribution is 6.40. The first-order valence-corrected chi connectivity index (χ1v) is 6.00. The number of halogens is 3. The van der Waals surface area contributed by atoms with Gasteiger partial charge >= 0.3 is 0 Å². The van der Waals surface area contributed by atoms with Gasteiger partial charge < -0.3 is 4.74 Å². The second-order valence-corrected chi connectivity index (χ2v) is 4.60.